The lowest BCUT2D eigenvalue weighted by atomic mass is 10.1. The molecule has 1 aliphatic rings. The monoisotopic (exact) mass is 586 g/mol. The third-order valence-electron chi connectivity index (χ3n) is 4.23. The number of carbonyl (C=O) groups excluding carboxylic acids is 1. The third kappa shape index (κ3) is 4.93. The van der Waals surface area contributed by atoms with Crippen LogP contribution in [0.15, 0.2) is 28.7 Å². The molecule has 0 heterocycles. The molecule has 1 unspecified atom stereocenters. The number of benzene rings is 2. The summed E-state index contributed by atoms with van der Waals surface area (Å²) in [6, 6.07) is 6.11. The summed E-state index contributed by atoms with van der Waals surface area (Å²) >= 11 is 11.1. The number of hydrogen-bond acceptors (Lipinski definition) is 4. The zero-order valence-corrected chi connectivity index (χ0v) is 18.7. The number of rotatable bonds is 7. The number of carbonyl (C=O) groups is 1. The van der Waals surface area contributed by atoms with Gasteiger partial charge in [-0.2, -0.15) is 0 Å². The molecule has 3 rings (SSSR count). The van der Waals surface area contributed by atoms with Gasteiger partial charge in [-0.1, -0.05) is 11.6 Å². The molecule has 0 aromatic heterocycles. The number of aliphatic hydroxyl groups is 1. The average molecular weight is 588 g/mol. The lowest BCUT2D eigenvalue weighted by molar-refractivity contribution is -0.0497. The van der Waals surface area contributed by atoms with Crippen LogP contribution in [0.1, 0.15) is 23.2 Å². The normalized spacial score (nSPS) is 14.6. The van der Waals surface area contributed by atoms with Crippen molar-refractivity contribution in [2.24, 2.45) is 5.92 Å². The van der Waals surface area contributed by atoms with Crippen LogP contribution in [0, 0.1) is 21.1 Å². The van der Waals surface area contributed by atoms with E-state index >= 15 is 0 Å². The van der Waals surface area contributed by atoms with Crippen molar-refractivity contribution in [2.75, 3.05) is 11.9 Å². The Balaban J connectivity index is 1.89. The van der Waals surface area contributed by atoms with Crippen LogP contribution in [0.25, 0.3) is 0 Å². The SMILES string of the molecule is O=C(NOC(CO)C1CC1)c1cc(Br)c(F)c(F)c1Nc1ccc(I)cc1Cl. The van der Waals surface area contributed by atoms with Crippen molar-refractivity contribution >= 4 is 67.4 Å². The van der Waals surface area contributed by atoms with Gasteiger partial charge in [0.05, 0.1) is 33.0 Å². The Morgan fingerprint density at radius 1 is 1.36 bits per heavy atom. The number of anilines is 2. The van der Waals surface area contributed by atoms with E-state index in [2.05, 4.69) is 49.3 Å². The first-order chi connectivity index (χ1) is 13.3. The van der Waals surface area contributed by atoms with Gasteiger partial charge in [-0.3, -0.25) is 9.63 Å². The smallest absolute Gasteiger partial charge is 0.277 e. The summed E-state index contributed by atoms with van der Waals surface area (Å²) in [7, 11) is 0. The van der Waals surface area contributed by atoms with Crippen LogP contribution < -0.4 is 10.8 Å². The lowest BCUT2D eigenvalue weighted by Gasteiger charge is -2.18. The molecule has 0 aliphatic heterocycles. The Kier molecular flexibility index (Phi) is 7.13. The minimum atomic E-state index is -1.24. The van der Waals surface area contributed by atoms with E-state index in [4.69, 9.17) is 16.4 Å². The summed E-state index contributed by atoms with van der Waals surface area (Å²) in [5.41, 5.74) is 1.96. The number of amides is 1. The van der Waals surface area contributed by atoms with E-state index in [1.54, 1.807) is 18.2 Å². The van der Waals surface area contributed by atoms with Crippen molar-refractivity contribution < 1.29 is 23.5 Å². The first kappa shape index (κ1) is 21.7. The molecule has 1 fully saturated rings. The van der Waals surface area contributed by atoms with Crippen molar-refractivity contribution in [3.05, 3.63) is 54.5 Å². The average Bonchev–Trinajstić information content (AvgIpc) is 3.49. The molecule has 0 radical (unpaired) electrons. The quantitative estimate of drug-likeness (QED) is 0.238. The fourth-order valence-electron chi connectivity index (χ4n) is 2.56. The molecule has 1 amide bonds. The first-order valence-electron chi connectivity index (χ1n) is 8.28. The zero-order valence-electron chi connectivity index (χ0n) is 14.2. The highest BCUT2D eigenvalue weighted by atomic mass is 127. The zero-order chi connectivity index (χ0) is 20.4. The minimum Gasteiger partial charge on any atom is -0.394 e. The molecule has 5 nitrogen and oxygen atoms in total. The van der Waals surface area contributed by atoms with Crippen molar-refractivity contribution in [3.63, 3.8) is 0 Å². The van der Waals surface area contributed by atoms with E-state index in [9.17, 15) is 18.7 Å². The largest absolute Gasteiger partial charge is 0.394 e. The lowest BCUT2D eigenvalue weighted by Crippen LogP contribution is -2.33. The van der Waals surface area contributed by atoms with Gasteiger partial charge in [0.1, 0.15) is 6.10 Å². The predicted octanol–water partition coefficient (Wildman–Crippen LogP) is 5.16. The topological polar surface area (TPSA) is 70.6 Å². The summed E-state index contributed by atoms with van der Waals surface area (Å²) in [4.78, 5) is 17.8. The Morgan fingerprint density at radius 2 is 2.07 bits per heavy atom. The molecule has 1 saturated carbocycles. The first-order valence-corrected chi connectivity index (χ1v) is 10.5. The Labute approximate surface area is 187 Å². The molecule has 2 aromatic carbocycles. The van der Waals surface area contributed by atoms with E-state index in [0.29, 0.717) is 5.69 Å². The van der Waals surface area contributed by atoms with E-state index < -0.39 is 23.6 Å². The summed E-state index contributed by atoms with van der Waals surface area (Å²) in [6.07, 6.45) is 1.26. The highest BCUT2D eigenvalue weighted by Crippen LogP contribution is 2.35. The van der Waals surface area contributed by atoms with E-state index in [-0.39, 0.29) is 33.3 Å². The van der Waals surface area contributed by atoms with Crippen LogP contribution in [-0.4, -0.2) is 23.7 Å². The van der Waals surface area contributed by atoms with Crippen LogP contribution in [0.2, 0.25) is 5.02 Å². The predicted molar refractivity (Wildman–Crippen MR) is 114 cm³/mol. The van der Waals surface area contributed by atoms with E-state index in [1.165, 1.54) is 0 Å². The van der Waals surface area contributed by atoms with Gasteiger partial charge in [-0.05, 0) is 81.5 Å². The molecule has 28 heavy (non-hydrogen) atoms. The Morgan fingerprint density at radius 3 is 2.68 bits per heavy atom. The van der Waals surface area contributed by atoms with Gasteiger partial charge in [-0.25, -0.2) is 14.3 Å². The van der Waals surface area contributed by atoms with Gasteiger partial charge in [0.25, 0.3) is 5.91 Å². The van der Waals surface area contributed by atoms with Crippen molar-refractivity contribution in [1.82, 2.24) is 5.48 Å². The van der Waals surface area contributed by atoms with Gasteiger partial charge in [0.2, 0.25) is 0 Å². The fourth-order valence-corrected chi connectivity index (χ4v) is 3.86. The van der Waals surface area contributed by atoms with Gasteiger partial charge in [-0.15, -0.1) is 0 Å². The maximum absolute atomic E-state index is 14.6. The molecule has 0 saturated heterocycles. The highest BCUT2D eigenvalue weighted by Gasteiger charge is 2.33. The van der Waals surface area contributed by atoms with Crippen molar-refractivity contribution in [2.45, 2.75) is 18.9 Å². The number of nitrogens with one attached hydrogen (secondary N) is 2. The van der Waals surface area contributed by atoms with Crippen LogP contribution in [0.4, 0.5) is 20.2 Å². The Bertz CT molecular complexity index is 915. The Hall–Kier alpha value is -1.01. The summed E-state index contributed by atoms with van der Waals surface area (Å²) in [6.45, 7) is -0.254. The molecule has 1 aliphatic carbocycles. The molecular formula is C18H15BrClF2IN2O3. The van der Waals surface area contributed by atoms with Crippen molar-refractivity contribution in [3.8, 4) is 0 Å². The van der Waals surface area contributed by atoms with Crippen molar-refractivity contribution in [1.29, 1.82) is 0 Å². The second-order valence-electron chi connectivity index (χ2n) is 6.27. The molecule has 1 atom stereocenters. The summed E-state index contributed by atoms with van der Waals surface area (Å²) < 4.78 is 29.3. The highest BCUT2D eigenvalue weighted by molar-refractivity contribution is 14.1. The number of hydrogen-bond donors (Lipinski definition) is 3. The number of hydroxylamine groups is 1. The molecule has 10 heteroatoms. The minimum absolute atomic E-state index is 0.171. The standard InChI is InChI=1S/C18H15BrClF2IN2O3/c19-11-6-10(18(27)25-28-14(7-26)8-1-2-8)17(16(22)15(11)21)24-13-4-3-9(23)5-12(13)20/h3-6,8,14,24,26H,1-2,7H2,(H,25,27). The molecule has 3 N–H and O–H groups in total. The van der Waals surface area contributed by atoms with Gasteiger partial charge in [0.15, 0.2) is 11.6 Å². The maximum Gasteiger partial charge on any atom is 0.277 e. The molecule has 150 valence electrons. The van der Waals surface area contributed by atoms with E-state index in [1.807, 2.05) is 0 Å². The van der Waals surface area contributed by atoms with Gasteiger partial charge < -0.3 is 10.4 Å². The van der Waals surface area contributed by atoms with Crippen LogP contribution in [-0.2, 0) is 4.84 Å². The van der Waals surface area contributed by atoms with Crippen LogP contribution in [0.3, 0.4) is 0 Å². The molecular weight excluding hydrogens is 572 g/mol. The molecule has 2 aromatic rings. The molecule has 0 bridgehead atoms. The second-order valence-corrected chi connectivity index (χ2v) is 8.77. The maximum atomic E-state index is 14.6. The van der Waals surface area contributed by atoms with E-state index in [0.717, 1.165) is 22.5 Å². The van der Waals surface area contributed by atoms with Crippen LogP contribution in [0.5, 0.6) is 0 Å². The second kappa shape index (κ2) is 9.21. The van der Waals surface area contributed by atoms with Gasteiger partial charge >= 0.3 is 0 Å². The molecule has 0 spiro atoms. The van der Waals surface area contributed by atoms with Gasteiger partial charge in [0, 0.05) is 3.57 Å². The summed E-state index contributed by atoms with van der Waals surface area (Å²) in [5.74, 6) is -3.00. The van der Waals surface area contributed by atoms with Crippen LogP contribution >= 0.6 is 50.1 Å². The summed E-state index contributed by atoms with van der Waals surface area (Å²) in [5, 5.41) is 12.3. The third-order valence-corrected chi connectivity index (χ3v) is 5.79. The number of halogens is 5. The number of aliphatic hydroxyl groups excluding tert-OH is 1. The fraction of sp³-hybridized carbons (Fsp3) is 0.278.